The number of nitrogens with zero attached hydrogens (tertiary/aromatic N) is 1. The maximum Gasteiger partial charge on any atom is 0.298 e. The first-order chi connectivity index (χ1) is 6.15. The van der Waals surface area contributed by atoms with Gasteiger partial charge in [0.05, 0.1) is 0 Å². The molecule has 0 aliphatic carbocycles. The van der Waals surface area contributed by atoms with E-state index in [1.165, 1.54) is 6.42 Å². The van der Waals surface area contributed by atoms with Crippen LogP contribution in [0.1, 0.15) is 26.7 Å². The van der Waals surface area contributed by atoms with Crippen LogP contribution in [0.25, 0.3) is 0 Å². The van der Waals surface area contributed by atoms with E-state index in [2.05, 4.69) is 19.8 Å². The molecule has 0 spiro atoms. The molecule has 1 amide bonds. The third-order valence-corrected chi connectivity index (χ3v) is 2.81. The lowest BCUT2D eigenvalue weighted by atomic mass is 9.88. The minimum atomic E-state index is -0.148. The van der Waals surface area contributed by atoms with Gasteiger partial charge in [0.15, 0.2) is 0 Å². The van der Waals surface area contributed by atoms with Gasteiger partial charge in [-0.2, -0.15) is 0 Å². The average Bonchev–Trinajstić information content (AvgIpc) is 2.17. The molecule has 1 atom stereocenters. The fraction of sp³-hybridized carbons (Fsp3) is 0.727. The lowest BCUT2D eigenvalue weighted by Gasteiger charge is -2.33. The number of hydrogen-bond donors (Lipinski definition) is 0. The Hall–Kier alpha value is -0.970. The summed E-state index contributed by atoms with van der Waals surface area (Å²) < 4.78 is 0. The van der Waals surface area contributed by atoms with E-state index in [9.17, 15) is 4.79 Å². The molecule has 1 rings (SSSR count). The van der Waals surface area contributed by atoms with Crippen LogP contribution in [0.4, 0.5) is 0 Å². The number of rotatable bonds is 1. The van der Waals surface area contributed by atoms with Crippen LogP contribution in [-0.2, 0) is 4.79 Å². The minimum Gasteiger partial charge on any atom is -0.332 e. The summed E-state index contributed by atoms with van der Waals surface area (Å²) >= 11 is 0. The Morgan fingerprint density at radius 2 is 2.31 bits per heavy atom. The Morgan fingerprint density at radius 3 is 2.85 bits per heavy atom. The molecule has 72 valence electrons. The van der Waals surface area contributed by atoms with Gasteiger partial charge in [-0.25, -0.2) is 0 Å². The van der Waals surface area contributed by atoms with Crippen LogP contribution in [0.5, 0.6) is 0 Å². The largest absolute Gasteiger partial charge is 0.332 e. The predicted octanol–water partition coefficient (Wildman–Crippen LogP) is 1.51. The Bertz CT molecular complexity index is 227. The summed E-state index contributed by atoms with van der Waals surface area (Å²) in [5.41, 5.74) is 0. The number of likely N-dealkylation sites (tertiary alicyclic amines) is 1. The monoisotopic (exact) mass is 179 g/mol. The number of terminal acetylenes is 1. The smallest absolute Gasteiger partial charge is 0.298 e. The lowest BCUT2D eigenvalue weighted by Crippen LogP contribution is -2.40. The molecular weight excluding hydrogens is 162 g/mol. The van der Waals surface area contributed by atoms with Crippen LogP contribution in [0, 0.1) is 24.2 Å². The van der Waals surface area contributed by atoms with E-state index in [1.54, 1.807) is 4.90 Å². The molecule has 1 aliphatic rings. The molecule has 0 bridgehead atoms. The van der Waals surface area contributed by atoms with E-state index in [4.69, 9.17) is 6.42 Å². The van der Waals surface area contributed by atoms with Crippen LogP contribution >= 0.6 is 0 Å². The molecular formula is C11H17NO. The second-order valence-electron chi connectivity index (χ2n) is 4.04. The summed E-state index contributed by atoms with van der Waals surface area (Å²) in [5.74, 6) is 3.31. The van der Waals surface area contributed by atoms with Crippen LogP contribution in [-0.4, -0.2) is 23.9 Å². The first kappa shape index (κ1) is 10.1. The summed E-state index contributed by atoms with van der Waals surface area (Å²) in [6, 6.07) is 0. The molecule has 0 N–H and O–H groups in total. The predicted molar refractivity (Wildman–Crippen MR) is 53.0 cm³/mol. The van der Waals surface area contributed by atoms with Crippen molar-refractivity contribution in [1.82, 2.24) is 4.90 Å². The van der Waals surface area contributed by atoms with Crippen molar-refractivity contribution in [2.45, 2.75) is 26.7 Å². The Kier molecular flexibility index (Phi) is 3.36. The molecule has 13 heavy (non-hydrogen) atoms. The van der Waals surface area contributed by atoms with Gasteiger partial charge in [-0.3, -0.25) is 4.79 Å². The Labute approximate surface area is 80.3 Å². The van der Waals surface area contributed by atoms with Crippen molar-refractivity contribution < 1.29 is 4.79 Å². The lowest BCUT2D eigenvalue weighted by molar-refractivity contribution is -0.127. The number of carbonyl (C=O) groups is 1. The molecule has 1 aliphatic heterocycles. The van der Waals surface area contributed by atoms with Gasteiger partial charge in [0.2, 0.25) is 0 Å². The first-order valence-electron chi connectivity index (χ1n) is 4.90. The van der Waals surface area contributed by atoms with E-state index >= 15 is 0 Å². The number of amides is 1. The quantitative estimate of drug-likeness (QED) is 0.559. The van der Waals surface area contributed by atoms with Crippen molar-refractivity contribution in [2.75, 3.05) is 13.1 Å². The summed E-state index contributed by atoms with van der Waals surface area (Å²) in [6.45, 7) is 6.09. The number of carbonyl (C=O) groups excluding carboxylic acids is 1. The van der Waals surface area contributed by atoms with E-state index in [0.29, 0.717) is 11.8 Å². The van der Waals surface area contributed by atoms with E-state index in [1.807, 2.05) is 0 Å². The average molecular weight is 179 g/mol. The third-order valence-electron chi connectivity index (χ3n) is 2.81. The minimum absolute atomic E-state index is 0.148. The second-order valence-corrected chi connectivity index (χ2v) is 4.04. The summed E-state index contributed by atoms with van der Waals surface area (Å²) in [5, 5.41) is 0. The van der Waals surface area contributed by atoms with Gasteiger partial charge in [-0.15, -0.1) is 6.42 Å². The molecule has 1 fully saturated rings. The van der Waals surface area contributed by atoms with Crippen LogP contribution < -0.4 is 0 Å². The molecule has 0 aromatic carbocycles. The fourth-order valence-electron chi connectivity index (χ4n) is 1.83. The topological polar surface area (TPSA) is 20.3 Å². The van der Waals surface area contributed by atoms with Crippen LogP contribution in [0.2, 0.25) is 0 Å². The van der Waals surface area contributed by atoms with Crippen LogP contribution in [0.3, 0.4) is 0 Å². The van der Waals surface area contributed by atoms with Crippen molar-refractivity contribution in [3.63, 3.8) is 0 Å². The highest BCUT2D eigenvalue weighted by Gasteiger charge is 2.24. The van der Waals surface area contributed by atoms with E-state index < -0.39 is 0 Å². The zero-order valence-electron chi connectivity index (χ0n) is 8.42. The maximum absolute atomic E-state index is 11.2. The van der Waals surface area contributed by atoms with Gasteiger partial charge in [0.1, 0.15) is 0 Å². The Morgan fingerprint density at radius 1 is 1.62 bits per heavy atom. The molecule has 1 unspecified atom stereocenters. The molecule has 1 saturated heterocycles. The maximum atomic E-state index is 11.2. The normalized spacial score (nSPS) is 22.9. The molecule has 1 heterocycles. The van der Waals surface area contributed by atoms with Gasteiger partial charge >= 0.3 is 0 Å². The van der Waals surface area contributed by atoms with Crippen molar-refractivity contribution in [1.29, 1.82) is 0 Å². The summed E-state index contributed by atoms with van der Waals surface area (Å²) in [6.07, 6.45) is 7.40. The molecule has 0 aromatic rings. The first-order valence-corrected chi connectivity index (χ1v) is 4.90. The SMILES string of the molecule is C#CC(=O)N1CCCC(C(C)C)C1. The zero-order chi connectivity index (χ0) is 9.84. The van der Waals surface area contributed by atoms with Gasteiger partial charge in [-0.1, -0.05) is 13.8 Å². The van der Waals surface area contributed by atoms with Crippen molar-refractivity contribution >= 4 is 5.91 Å². The van der Waals surface area contributed by atoms with Gasteiger partial charge in [0, 0.05) is 13.1 Å². The second kappa shape index (κ2) is 4.32. The Balaban J connectivity index is 2.52. The molecule has 2 nitrogen and oxygen atoms in total. The number of hydrogen-bond acceptors (Lipinski definition) is 1. The van der Waals surface area contributed by atoms with E-state index in [0.717, 1.165) is 19.5 Å². The van der Waals surface area contributed by atoms with Gasteiger partial charge in [-0.05, 0) is 30.6 Å². The van der Waals surface area contributed by atoms with Gasteiger partial charge in [0.25, 0.3) is 5.91 Å². The standard InChI is InChI=1S/C11H17NO/c1-4-11(13)12-7-5-6-10(8-12)9(2)3/h1,9-10H,5-8H2,2-3H3. The van der Waals surface area contributed by atoms with Crippen molar-refractivity contribution in [3.8, 4) is 12.3 Å². The highest BCUT2D eigenvalue weighted by Crippen LogP contribution is 2.23. The summed E-state index contributed by atoms with van der Waals surface area (Å²) in [7, 11) is 0. The fourth-order valence-corrected chi connectivity index (χ4v) is 1.83. The molecule has 0 saturated carbocycles. The van der Waals surface area contributed by atoms with Gasteiger partial charge < -0.3 is 4.90 Å². The molecule has 0 radical (unpaired) electrons. The zero-order valence-corrected chi connectivity index (χ0v) is 8.42. The number of piperidine rings is 1. The highest BCUT2D eigenvalue weighted by atomic mass is 16.2. The molecule has 0 aromatic heterocycles. The van der Waals surface area contributed by atoms with Crippen LogP contribution in [0.15, 0.2) is 0 Å². The summed E-state index contributed by atoms with van der Waals surface area (Å²) in [4.78, 5) is 13.0. The third kappa shape index (κ3) is 2.48. The van der Waals surface area contributed by atoms with E-state index in [-0.39, 0.29) is 5.91 Å². The molecule has 2 heteroatoms. The van der Waals surface area contributed by atoms with Crippen molar-refractivity contribution in [3.05, 3.63) is 0 Å². The van der Waals surface area contributed by atoms with Crippen molar-refractivity contribution in [2.24, 2.45) is 11.8 Å². The highest BCUT2D eigenvalue weighted by molar-refractivity contribution is 5.92.